The second kappa shape index (κ2) is 3.90. The predicted molar refractivity (Wildman–Crippen MR) is 67.0 cm³/mol. The third-order valence-corrected chi connectivity index (χ3v) is 2.78. The first-order valence-electron chi connectivity index (χ1n) is 5.39. The van der Waals surface area contributed by atoms with Gasteiger partial charge >= 0.3 is 0 Å². The maximum Gasteiger partial charge on any atom is 0.266 e. The Morgan fingerprint density at radius 2 is 2.00 bits per heavy atom. The van der Waals surface area contributed by atoms with Crippen molar-refractivity contribution in [2.75, 3.05) is 0 Å². The molecule has 2 aromatic heterocycles. The number of benzene rings is 1. The Labute approximate surface area is 102 Å². The highest BCUT2D eigenvalue weighted by Gasteiger charge is 2.09. The van der Waals surface area contributed by atoms with Crippen LogP contribution >= 0.6 is 0 Å². The lowest BCUT2D eigenvalue weighted by Crippen LogP contribution is -2.09. The van der Waals surface area contributed by atoms with Crippen LogP contribution < -0.4 is 5.56 Å². The Hall–Kier alpha value is -2.80. The molecular weight excluding hydrogens is 228 g/mol. The molecule has 0 aliphatic heterocycles. The predicted octanol–water partition coefficient (Wildman–Crippen LogP) is 2.66. The van der Waals surface area contributed by atoms with Crippen molar-refractivity contribution in [1.29, 1.82) is 5.26 Å². The van der Waals surface area contributed by atoms with E-state index in [1.165, 1.54) is 6.07 Å². The summed E-state index contributed by atoms with van der Waals surface area (Å²) in [6, 6.07) is 12.7. The molecule has 1 N–H and O–H groups in total. The Kier molecular flexibility index (Phi) is 2.24. The van der Waals surface area contributed by atoms with Gasteiger partial charge in [-0.15, -0.1) is 0 Å². The Bertz CT molecular complexity index is 821. The lowest BCUT2D eigenvalue weighted by atomic mass is 10.1. The molecule has 0 radical (unpaired) electrons. The van der Waals surface area contributed by atoms with E-state index < -0.39 is 5.56 Å². The van der Waals surface area contributed by atoms with E-state index in [0.29, 0.717) is 11.5 Å². The SMILES string of the molecule is N#Cc1ccc(-c2occ3ccccc23)[nH]c1=O. The van der Waals surface area contributed by atoms with E-state index in [0.717, 1.165) is 10.8 Å². The van der Waals surface area contributed by atoms with Gasteiger partial charge in [-0.05, 0) is 12.1 Å². The Balaban J connectivity index is 2.24. The highest BCUT2D eigenvalue weighted by atomic mass is 16.3. The standard InChI is InChI=1S/C14H8N2O2/c15-7-9-5-6-12(16-14(9)17)13-11-4-2-1-3-10(11)8-18-13/h1-6,8H,(H,16,17). The Morgan fingerprint density at radius 1 is 1.17 bits per heavy atom. The molecule has 0 saturated heterocycles. The van der Waals surface area contributed by atoms with Crippen molar-refractivity contribution in [2.45, 2.75) is 0 Å². The van der Waals surface area contributed by atoms with E-state index in [4.69, 9.17) is 9.68 Å². The van der Waals surface area contributed by atoms with Crippen LogP contribution in [-0.2, 0) is 0 Å². The minimum Gasteiger partial charge on any atom is -0.462 e. The second-order valence-electron chi connectivity index (χ2n) is 3.88. The van der Waals surface area contributed by atoms with Crippen LogP contribution in [0.5, 0.6) is 0 Å². The monoisotopic (exact) mass is 236 g/mol. The molecule has 0 spiro atoms. The molecule has 86 valence electrons. The normalized spacial score (nSPS) is 10.4. The molecular formula is C14H8N2O2. The molecule has 0 amide bonds. The van der Waals surface area contributed by atoms with Crippen molar-refractivity contribution in [3.05, 3.63) is 58.6 Å². The van der Waals surface area contributed by atoms with Crippen molar-refractivity contribution in [1.82, 2.24) is 4.98 Å². The van der Waals surface area contributed by atoms with Gasteiger partial charge < -0.3 is 9.40 Å². The highest BCUT2D eigenvalue weighted by molar-refractivity contribution is 5.93. The third-order valence-electron chi connectivity index (χ3n) is 2.78. The van der Waals surface area contributed by atoms with Gasteiger partial charge in [0.2, 0.25) is 0 Å². The first-order valence-corrected chi connectivity index (χ1v) is 5.39. The fraction of sp³-hybridized carbons (Fsp3) is 0. The summed E-state index contributed by atoms with van der Waals surface area (Å²) in [4.78, 5) is 14.2. The number of rotatable bonds is 1. The number of pyridine rings is 1. The van der Waals surface area contributed by atoms with E-state index in [-0.39, 0.29) is 5.56 Å². The van der Waals surface area contributed by atoms with E-state index in [2.05, 4.69) is 4.98 Å². The van der Waals surface area contributed by atoms with Gasteiger partial charge in [0, 0.05) is 10.8 Å². The lowest BCUT2D eigenvalue weighted by molar-refractivity contribution is 0.584. The summed E-state index contributed by atoms with van der Waals surface area (Å²) in [5.74, 6) is 0.604. The molecule has 4 nitrogen and oxygen atoms in total. The number of H-pyrrole nitrogens is 1. The smallest absolute Gasteiger partial charge is 0.266 e. The Morgan fingerprint density at radius 3 is 2.78 bits per heavy atom. The molecule has 0 atom stereocenters. The van der Waals surface area contributed by atoms with Crippen molar-refractivity contribution >= 4 is 10.8 Å². The van der Waals surface area contributed by atoms with E-state index >= 15 is 0 Å². The van der Waals surface area contributed by atoms with Gasteiger partial charge in [0.25, 0.3) is 5.56 Å². The minimum absolute atomic E-state index is 0.0922. The number of nitrogens with zero attached hydrogens (tertiary/aromatic N) is 1. The molecule has 0 bridgehead atoms. The molecule has 3 aromatic rings. The van der Waals surface area contributed by atoms with Crippen LogP contribution in [0, 0.1) is 11.3 Å². The molecule has 0 saturated carbocycles. The fourth-order valence-corrected chi connectivity index (χ4v) is 1.90. The van der Waals surface area contributed by atoms with Crippen LogP contribution in [0.25, 0.3) is 22.2 Å². The summed E-state index contributed by atoms with van der Waals surface area (Å²) < 4.78 is 5.48. The summed E-state index contributed by atoms with van der Waals surface area (Å²) in [5.41, 5.74) is 0.255. The molecule has 0 aliphatic rings. The zero-order valence-corrected chi connectivity index (χ0v) is 9.31. The summed E-state index contributed by atoms with van der Waals surface area (Å²) in [5, 5.41) is 10.6. The van der Waals surface area contributed by atoms with Gasteiger partial charge in [0.15, 0.2) is 5.76 Å². The number of nitriles is 1. The topological polar surface area (TPSA) is 69.8 Å². The number of hydrogen-bond acceptors (Lipinski definition) is 3. The van der Waals surface area contributed by atoms with Gasteiger partial charge in [-0.3, -0.25) is 4.79 Å². The van der Waals surface area contributed by atoms with Crippen molar-refractivity contribution in [3.63, 3.8) is 0 Å². The molecule has 4 heteroatoms. The molecule has 0 unspecified atom stereocenters. The van der Waals surface area contributed by atoms with E-state index in [1.54, 1.807) is 12.3 Å². The van der Waals surface area contributed by atoms with Crippen molar-refractivity contribution in [2.24, 2.45) is 0 Å². The molecule has 18 heavy (non-hydrogen) atoms. The zero-order valence-electron chi connectivity index (χ0n) is 9.31. The van der Waals surface area contributed by atoms with Crippen LogP contribution in [0.2, 0.25) is 0 Å². The molecule has 2 heterocycles. The lowest BCUT2D eigenvalue weighted by Gasteiger charge is -1.98. The maximum atomic E-state index is 11.6. The molecule has 3 rings (SSSR count). The van der Waals surface area contributed by atoms with Gasteiger partial charge in [-0.2, -0.15) is 5.26 Å². The van der Waals surface area contributed by atoms with Gasteiger partial charge in [-0.1, -0.05) is 24.3 Å². The average Bonchev–Trinajstić information content (AvgIpc) is 2.82. The van der Waals surface area contributed by atoms with Crippen LogP contribution in [0.1, 0.15) is 5.56 Å². The summed E-state index contributed by atoms with van der Waals surface area (Å²) in [6.07, 6.45) is 1.64. The number of nitrogens with one attached hydrogen (secondary N) is 1. The van der Waals surface area contributed by atoms with Crippen LogP contribution in [0.4, 0.5) is 0 Å². The number of hydrogen-bond donors (Lipinski definition) is 1. The van der Waals surface area contributed by atoms with Gasteiger partial charge in [0.05, 0.1) is 12.0 Å². The third kappa shape index (κ3) is 1.50. The first-order chi connectivity index (χ1) is 8.79. The molecule has 1 aromatic carbocycles. The van der Waals surface area contributed by atoms with Gasteiger partial charge in [0.1, 0.15) is 11.6 Å². The zero-order chi connectivity index (χ0) is 12.5. The number of furan rings is 1. The molecule has 0 fully saturated rings. The van der Waals surface area contributed by atoms with Crippen LogP contribution in [0.15, 0.2) is 51.9 Å². The van der Waals surface area contributed by atoms with E-state index in [9.17, 15) is 4.79 Å². The largest absolute Gasteiger partial charge is 0.462 e. The van der Waals surface area contributed by atoms with Gasteiger partial charge in [-0.25, -0.2) is 0 Å². The molecule has 0 aliphatic carbocycles. The summed E-state index contributed by atoms with van der Waals surface area (Å²) in [6.45, 7) is 0. The van der Waals surface area contributed by atoms with Crippen molar-refractivity contribution < 1.29 is 4.42 Å². The fourth-order valence-electron chi connectivity index (χ4n) is 1.90. The van der Waals surface area contributed by atoms with E-state index in [1.807, 2.05) is 30.3 Å². The highest BCUT2D eigenvalue weighted by Crippen LogP contribution is 2.28. The maximum absolute atomic E-state index is 11.6. The van der Waals surface area contributed by atoms with Crippen molar-refractivity contribution in [3.8, 4) is 17.5 Å². The number of aromatic amines is 1. The second-order valence-corrected chi connectivity index (χ2v) is 3.88. The first kappa shape index (κ1) is 10.4. The summed E-state index contributed by atoms with van der Waals surface area (Å²) in [7, 11) is 0. The summed E-state index contributed by atoms with van der Waals surface area (Å²) >= 11 is 0. The number of aromatic nitrogens is 1. The minimum atomic E-state index is -0.407. The quantitative estimate of drug-likeness (QED) is 0.706. The van der Waals surface area contributed by atoms with Crippen LogP contribution in [0.3, 0.4) is 0 Å². The number of fused-ring (bicyclic) bond motifs is 1. The average molecular weight is 236 g/mol. The van der Waals surface area contributed by atoms with Crippen LogP contribution in [-0.4, -0.2) is 4.98 Å².